The summed E-state index contributed by atoms with van der Waals surface area (Å²) in [6.45, 7) is 0. The van der Waals surface area contributed by atoms with Crippen LogP contribution in [0.1, 0.15) is 0 Å². The fourth-order valence-corrected chi connectivity index (χ4v) is 2.12. The van der Waals surface area contributed by atoms with Gasteiger partial charge in [0.05, 0.1) is 9.79 Å². The highest BCUT2D eigenvalue weighted by Gasteiger charge is 2.09. The summed E-state index contributed by atoms with van der Waals surface area (Å²) in [5.74, 6) is 0. The predicted octanol–water partition coefficient (Wildman–Crippen LogP) is 1.65. The highest BCUT2D eigenvalue weighted by atomic mass is 32.2. The van der Waals surface area contributed by atoms with Gasteiger partial charge in [0, 0.05) is 6.26 Å². The maximum atomic E-state index is 11.0. The van der Waals surface area contributed by atoms with Gasteiger partial charge in [-0.2, -0.15) is 0 Å². The summed E-state index contributed by atoms with van der Waals surface area (Å²) in [5, 5.41) is 0. The van der Waals surface area contributed by atoms with Crippen molar-refractivity contribution in [3.05, 3.63) is 24.3 Å². The van der Waals surface area contributed by atoms with Gasteiger partial charge in [0.25, 0.3) is 0 Å². The van der Waals surface area contributed by atoms with Crippen molar-refractivity contribution in [2.24, 2.45) is 0 Å². The summed E-state index contributed by atoms with van der Waals surface area (Å²) in [6.07, 6.45) is 1.15. The van der Waals surface area contributed by atoms with Crippen molar-refractivity contribution in [3.63, 3.8) is 0 Å². The third-order valence-electron chi connectivity index (χ3n) is 1.25. The Kier molecular flexibility index (Phi) is 2.15. The molecule has 1 radical (unpaired) electrons. The third-order valence-corrected chi connectivity index (χ3v) is 2.89. The lowest BCUT2D eigenvalue weighted by molar-refractivity contribution is 0.600. The molecule has 1 aromatic carbocycles. The van der Waals surface area contributed by atoms with E-state index in [1.807, 2.05) is 0 Å². The van der Waals surface area contributed by atoms with Crippen LogP contribution >= 0.6 is 12.6 Å². The molecule has 0 fully saturated rings. The number of sulfone groups is 1. The molecule has 2 nitrogen and oxygen atoms in total. The first-order chi connectivity index (χ1) is 5.02. The predicted molar refractivity (Wildman–Crippen MR) is 45.4 cm³/mol. The molecule has 1 aromatic rings. The topological polar surface area (TPSA) is 34.1 Å². The third kappa shape index (κ3) is 1.91. The zero-order valence-corrected chi connectivity index (χ0v) is 7.58. The van der Waals surface area contributed by atoms with Gasteiger partial charge in [-0.25, -0.2) is 8.42 Å². The van der Waals surface area contributed by atoms with Gasteiger partial charge < -0.3 is 0 Å². The lowest BCUT2D eigenvalue weighted by atomic mass is 10.4. The van der Waals surface area contributed by atoms with Gasteiger partial charge in [0.1, 0.15) is 0 Å². The van der Waals surface area contributed by atoms with E-state index in [1.165, 1.54) is 6.07 Å². The van der Waals surface area contributed by atoms with E-state index < -0.39 is 9.84 Å². The smallest absolute Gasteiger partial charge is 0.176 e. The molecule has 0 spiro atoms. The molecule has 0 amide bonds. The Morgan fingerprint density at radius 2 is 1.82 bits per heavy atom. The van der Waals surface area contributed by atoms with Crippen molar-refractivity contribution in [2.75, 3.05) is 6.26 Å². The summed E-state index contributed by atoms with van der Waals surface area (Å²) in [5.41, 5.74) is 0. The largest absolute Gasteiger partial charge is 0.224 e. The molecule has 0 saturated heterocycles. The minimum absolute atomic E-state index is 0.231. The minimum atomic E-state index is -3.14. The molecular formula is C7H7O2S2. The van der Waals surface area contributed by atoms with Gasteiger partial charge in [-0.3, -0.25) is 0 Å². The van der Waals surface area contributed by atoms with Gasteiger partial charge in [0.2, 0.25) is 0 Å². The Bertz CT molecular complexity index is 354. The van der Waals surface area contributed by atoms with E-state index in [1.54, 1.807) is 18.2 Å². The normalized spacial score (nSPS) is 11.4. The monoisotopic (exact) mass is 187 g/mol. The Hall–Kier alpha value is -0.610. The van der Waals surface area contributed by atoms with Crippen LogP contribution in [0.15, 0.2) is 34.1 Å². The molecule has 0 aliphatic heterocycles. The zero-order valence-electron chi connectivity index (χ0n) is 5.94. The van der Waals surface area contributed by atoms with E-state index in [-0.39, 0.29) is 4.90 Å². The maximum absolute atomic E-state index is 11.0. The Morgan fingerprint density at radius 1 is 1.27 bits per heavy atom. The lowest BCUT2D eigenvalue weighted by Crippen LogP contribution is -1.97. The molecule has 0 aliphatic carbocycles. The zero-order chi connectivity index (χ0) is 8.48. The van der Waals surface area contributed by atoms with E-state index >= 15 is 0 Å². The van der Waals surface area contributed by atoms with E-state index in [0.717, 1.165) is 6.26 Å². The van der Waals surface area contributed by atoms with Crippen LogP contribution in [0.2, 0.25) is 0 Å². The van der Waals surface area contributed by atoms with Crippen molar-refractivity contribution in [1.82, 2.24) is 0 Å². The first kappa shape index (κ1) is 8.49. The average molecular weight is 187 g/mol. The van der Waals surface area contributed by atoms with Crippen LogP contribution in [0.3, 0.4) is 0 Å². The molecule has 0 atom stereocenters. The van der Waals surface area contributed by atoms with Crippen molar-refractivity contribution in [1.29, 1.82) is 0 Å². The standard InChI is InChI=1S/C7H7O2S2/c1-11(8,9)7-5-3-2-4-6(7)10/h2-5H,1H3. The van der Waals surface area contributed by atoms with Gasteiger partial charge >= 0.3 is 0 Å². The van der Waals surface area contributed by atoms with Crippen LogP contribution in [-0.2, 0) is 9.84 Å². The molecule has 0 N–H and O–H groups in total. The van der Waals surface area contributed by atoms with Crippen LogP contribution in [-0.4, -0.2) is 14.7 Å². The first-order valence-electron chi connectivity index (χ1n) is 2.98. The lowest BCUT2D eigenvalue weighted by Gasteiger charge is -1.98. The van der Waals surface area contributed by atoms with Crippen LogP contribution in [0.4, 0.5) is 0 Å². The highest BCUT2D eigenvalue weighted by Crippen LogP contribution is 2.17. The molecular weight excluding hydrogens is 180 g/mol. The molecule has 0 saturated carbocycles. The summed E-state index contributed by atoms with van der Waals surface area (Å²) >= 11 is 4.82. The fraction of sp³-hybridized carbons (Fsp3) is 0.143. The Labute approximate surface area is 71.6 Å². The van der Waals surface area contributed by atoms with Gasteiger partial charge in [-0.05, 0) is 12.1 Å². The van der Waals surface area contributed by atoms with Gasteiger partial charge in [-0.1, -0.05) is 24.8 Å². The number of hydrogen-bond acceptors (Lipinski definition) is 2. The van der Waals surface area contributed by atoms with Crippen LogP contribution in [0.5, 0.6) is 0 Å². The minimum Gasteiger partial charge on any atom is -0.224 e. The summed E-state index contributed by atoms with van der Waals surface area (Å²) in [6, 6.07) is 6.49. The SMILES string of the molecule is CS(=O)(=O)c1ccccc1[S]. The van der Waals surface area contributed by atoms with Crippen molar-refractivity contribution < 1.29 is 8.42 Å². The Balaban J connectivity index is 3.37. The van der Waals surface area contributed by atoms with Gasteiger partial charge in [0.15, 0.2) is 9.84 Å². The summed E-state index contributed by atoms with van der Waals surface area (Å²) in [7, 11) is -3.14. The van der Waals surface area contributed by atoms with E-state index in [9.17, 15) is 8.42 Å². The molecule has 0 bridgehead atoms. The van der Waals surface area contributed by atoms with Crippen molar-refractivity contribution >= 4 is 22.5 Å². The summed E-state index contributed by atoms with van der Waals surface area (Å²) in [4.78, 5) is 0.616. The van der Waals surface area contributed by atoms with Crippen LogP contribution in [0.25, 0.3) is 0 Å². The second-order valence-electron chi connectivity index (χ2n) is 2.22. The van der Waals surface area contributed by atoms with Crippen LogP contribution in [0, 0.1) is 0 Å². The van der Waals surface area contributed by atoms with Crippen molar-refractivity contribution in [3.8, 4) is 0 Å². The number of rotatable bonds is 1. The fourth-order valence-electron chi connectivity index (χ4n) is 0.756. The highest BCUT2D eigenvalue weighted by molar-refractivity contribution is 7.91. The first-order valence-corrected chi connectivity index (χ1v) is 5.28. The maximum Gasteiger partial charge on any atom is 0.176 e. The van der Waals surface area contributed by atoms with Crippen LogP contribution < -0.4 is 0 Å². The average Bonchev–Trinajstić information content (AvgIpc) is 1.86. The molecule has 4 heteroatoms. The van der Waals surface area contributed by atoms with E-state index in [2.05, 4.69) is 0 Å². The number of hydrogen-bond donors (Lipinski definition) is 0. The quantitative estimate of drug-likeness (QED) is 0.670. The molecule has 0 aromatic heterocycles. The molecule has 11 heavy (non-hydrogen) atoms. The van der Waals surface area contributed by atoms with Crippen molar-refractivity contribution in [2.45, 2.75) is 9.79 Å². The molecule has 0 aliphatic rings. The molecule has 59 valence electrons. The van der Waals surface area contributed by atoms with E-state index in [4.69, 9.17) is 12.6 Å². The summed E-state index contributed by atoms with van der Waals surface area (Å²) < 4.78 is 22.0. The van der Waals surface area contributed by atoms with Gasteiger partial charge in [-0.15, -0.1) is 0 Å². The second-order valence-corrected chi connectivity index (χ2v) is 4.64. The molecule has 0 unspecified atom stereocenters. The van der Waals surface area contributed by atoms with E-state index in [0.29, 0.717) is 4.90 Å². The molecule has 1 rings (SSSR count). The number of benzene rings is 1. The Morgan fingerprint density at radius 3 is 2.18 bits per heavy atom. The second kappa shape index (κ2) is 2.79. The molecule has 0 heterocycles.